The summed E-state index contributed by atoms with van der Waals surface area (Å²) in [5.74, 6) is 0. The Kier molecular flexibility index (Phi) is 4.76. The average molecular weight is 379 g/mol. The first-order chi connectivity index (χ1) is 14.4. The molecule has 142 valence electrons. The monoisotopic (exact) mass is 379 g/mol. The van der Waals surface area contributed by atoms with E-state index in [-0.39, 0.29) is 0 Å². The van der Waals surface area contributed by atoms with Crippen LogP contribution in [0.15, 0.2) is 91.3 Å². The minimum absolute atomic E-state index is 0.614. The fraction of sp³-hybridized carbons (Fsp3) is 0.120. The highest BCUT2D eigenvalue weighted by Gasteiger charge is 2.16. The smallest absolute Gasteiger partial charge is 0.113 e. The molecule has 3 heterocycles. The van der Waals surface area contributed by atoms with Gasteiger partial charge >= 0.3 is 0 Å². The predicted molar refractivity (Wildman–Crippen MR) is 117 cm³/mol. The maximum atomic E-state index is 5.98. The third-order valence-electron chi connectivity index (χ3n) is 5.16. The number of benzene rings is 2. The predicted octanol–water partition coefficient (Wildman–Crippen LogP) is 5.47. The van der Waals surface area contributed by atoms with Crippen LogP contribution < -0.4 is 0 Å². The van der Waals surface area contributed by atoms with Gasteiger partial charge in [-0.15, -0.1) is 0 Å². The molecule has 0 spiro atoms. The summed E-state index contributed by atoms with van der Waals surface area (Å²) in [6, 6.07) is 26.8. The Balaban J connectivity index is 1.54. The van der Waals surface area contributed by atoms with E-state index in [0.717, 1.165) is 23.4 Å². The van der Waals surface area contributed by atoms with Gasteiger partial charge < -0.3 is 9.30 Å². The molecule has 0 aliphatic rings. The molecule has 0 saturated carbocycles. The molecule has 0 unspecified atom stereocenters. The number of hydrogen-bond acceptors (Lipinski definition) is 3. The summed E-state index contributed by atoms with van der Waals surface area (Å²) >= 11 is 0. The van der Waals surface area contributed by atoms with Crippen molar-refractivity contribution in [1.82, 2.24) is 14.5 Å². The number of fused-ring (bicyclic) bond motifs is 3. The van der Waals surface area contributed by atoms with Crippen molar-refractivity contribution < 1.29 is 4.74 Å². The topological polar surface area (TPSA) is 39.9 Å². The van der Waals surface area contributed by atoms with Crippen LogP contribution in [0.5, 0.6) is 0 Å². The van der Waals surface area contributed by atoms with Gasteiger partial charge in [0.1, 0.15) is 5.69 Å². The molecule has 0 radical (unpaired) electrons. The number of aromatic nitrogens is 3. The Hall–Kier alpha value is -3.50. The van der Waals surface area contributed by atoms with Crippen molar-refractivity contribution in [3.05, 3.63) is 96.8 Å². The van der Waals surface area contributed by atoms with Crippen molar-refractivity contribution in [3.8, 4) is 11.4 Å². The standard InChI is InChI=1S/C25H21N3O/c1-2-8-19(9-3-1)18-29-17-16-28-23-12-5-4-10-20(23)21-13-15-27-24(25(21)28)22-11-6-7-14-26-22/h1-15H,16-18H2. The van der Waals surface area contributed by atoms with Gasteiger partial charge in [-0.1, -0.05) is 54.6 Å². The summed E-state index contributed by atoms with van der Waals surface area (Å²) in [5, 5.41) is 2.42. The van der Waals surface area contributed by atoms with Crippen LogP contribution in [0, 0.1) is 0 Å². The molecule has 0 aliphatic heterocycles. The van der Waals surface area contributed by atoms with Crippen LogP contribution in [0.4, 0.5) is 0 Å². The van der Waals surface area contributed by atoms with Crippen LogP contribution in [0.2, 0.25) is 0 Å². The highest BCUT2D eigenvalue weighted by Crippen LogP contribution is 2.33. The summed E-state index contributed by atoms with van der Waals surface area (Å²) in [7, 11) is 0. The molecule has 0 bridgehead atoms. The molecule has 0 saturated heterocycles. The molecule has 4 heteroatoms. The average Bonchev–Trinajstić information content (AvgIpc) is 3.12. The second-order valence-corrected chi connectivity index (χ2v) is 6.98. The summed E-state index contributed by atoms with van der Waals surface area (Å²) in [4.78, 5) is 9.22. The van der Waals surface area contributed by atoms with E-state index in [1.54, 1.807) is 0 Å². The molecule has 0 N–H and O–H groups in total. The Bertz CT molecular complexity index is 1250. The minimum Gasteiger partial charge on any atom is -0.375 e. The van der Waals surface area contributed by atoms with E-state index >= 15 is 0 Å². The van der Waals surface area contributed by atoms with Crippen LogP contribution in [0.1, 0.15) is 5.56 Å². The van der Waals surface area contributed by atoms with Gasteiger partial charge in [-0.05, 0) is 29.8 Å². The molecule has 2 aromatic carbocycles. The SMILES string of the molecule is c1ccc(COCCn2c3ccccc3c3ccnc(-c4ccccn4)c32)cc1. The molecule has 4 nitrogen and oxygen atoms in total. The van der Waals surface area contributed by atoms with Crippen LogP contribution in [-0.2, 0) is 17.9 Å². The van der Waals surface area contributed by atoms with E-state index in [4.69, 9.17) is 4.74 Å². The Morgan fingerprint density at radius 2 is 1.55 bits per heavy atom. The van der Waals surface area contributed by atoms with Crippen molar-refractivity contribution in [1.29, 1.82) is 0 Å². The zero-order valence-electron chi connectivity index (χ0n) is 16.0. The molecule has 0 fully saturated rings. The van der Waals surface area contributed by atoms with Crippen molar-refractivity contribution in [2.24, 2.45) is 0 Å². The lowest BCUT2D eigenvalue weighted by atomic mass is 10.1. The van der Waals surface area contributed by atoms with Gasteiger partial charge in [-0.25, -0.2) is 0 Å². The normalized spacial score (nSPS) is 11.3. The second-order valence-electron chi connectivity index (χ2n) is 6.98. The van der Waals surface area contributed by atoms with E-state index in [9.17, 15) is 0 Å². The number of nitrogens with zero attached hydrogens (tertiary/aromatic N) is 3. The van der Waals surface area contributed by atoms with Crippen molar-refractivity contribution in [2.45, 2.75) is 13.2 Å². The lowest BCUT2D eigenvalue weighted by Gasteiger charge is -2.11. The number of rotatable bonds is 6. The molecule has 5 aromatic rings. The van der Waals surface area contributed by atoms with Gasteiger partial charge in [0, 0.05) is 35.2 Å². The van der Waals surface area contributed by atoms with E-state index in [2.05, 4.69) is 57.0 Å². The zero-order chi connectivity index (χ0) is 19.5. The highest BCUT2D eigenvalue weighted by molar-refractivity contribution is 6.11. The van der Waals surface area contributed by atoms with Crippen LogP contribution in [0.25, 0.3) is 33.2 Å². The number of hydrogen-bond donors (Lipinski definition) is 0. The van der Waals surface area contributed by atoms with Gasteiger partial charge in [0.2, 0.25) is 0 Å². The maximum absolute atomic E-state index is 5.98. The lowest BCUT2D eigenvalue weighted by molar-refractivity contribution is 0.114. The van der Waals surface area contributed by atoms with Gasteiger partial charge in [0.05, 0.1) is 24.4 Å². The quantitative estimate of drug-likeness (QED) is 0.367. The van der Waals surface area contributed by atoms with Crippen LogP contribution in [-0.4, -0.2) is 21.1 Å². The summed E-state index contributed by atoms with van der Waals surface area (Å²) in [6.45, 7) is 1.99. The molecular formula is C25H21N3O. The fourth-order valence-electron chi connectivity index (χ4n) is 3.84. The fourth-order valence-corrected chi connectivity index (χ4v) is 3.84. The molecule has 0 amide bonds. The number of para-hydroxylation sites is 1. The van der Waals surface area contributed by atoms with Crippen LogP contribution >= 0.6 is 0 Å². The third-order valence-corrected chi connectivity index (χ3v) is 5.16. The van der Waals surface area contributed by atoms with Crippen molar-refractivity contribution in [3.63, 3.8) is 0 Å². The van der Waals surface area contributed by atoms with Gasteiger partial charge in [-0.2, -0.15) is 0 Å². The third kappa shape index (κ3) is 3.39. The Morgan fingerprint density at radius 1 is 0.724 bits per heavy atom. The van der Waals surface area contributed by atoms with Crippen LogP contribution in [0.3, 0.4) is 0 Å². The first-order valence-electron chi connectivity index (χ1n) is 9.81. The van der Waals surface area contributed by atoms with Crippen molar-refractivity contribution >= 4 is 21.8 Å². The Labute approximate surface area is 169 Å². The van der Waals surface area contributed by atoms with Crippen molar-refractivity contribution in [2.75, 3.05) is 6.61 Å². The van der Waals surface area contributed by atoms with Gasteiger partial charge in [0.25, 0.3) is 0 Å². The number of ether oxygens (including phenoxy) is 1. The molecular weight excluding hydrogens is 358 g/mol. The first-order valence-corrected chi connectivity index (χ1v) is 9.81. The first kappa shape index (κ1) is 17.6. The molecule has 5 rings (SSSR count). The minimum atomic E-state index is 0.614. The highest BCUT2D eigenvalue weighted by atomic mass is 16.5. The maximum Gasteiger partial charge on any atom is 0.113 e. The van der Waals surface area contributed by atoms with E-state index < -0.39 is 0 Å². The molecule has 29 heavy (non-hydrogen) atoms. The molecule has 0 atom stereocenters. The molecule has 0 aliphatic carbocycles. The summed E-state index contributed by atoms with van der Waals surface area (Å²) in [6.07, 6.45) is 3.68. The van der Waals surface area contributed by atoms with Gasteiger partial charge in [-0.3, -0.25) is 9.97 Å². The summed E-state index contributed by atoms with van der Waals surface area (Å²) < 4.78 is 8.29. The van der Waals surface area contributed by atoms with E-state index in [1.807, 2.05) is 48.8 Å². The van der Waals surface area contributed by atoms with E-state index in [1.165, 1.54) is 21.9 Å². The molecule has 3 aromatic heterocycles. The van der Waals surface area contributed by atoms with Gasteiger partial charge in [0.15, 0.2) is 0 Å². The number of pyridine rings is 2. The van der Waals surface area contributed by atoms with E-state index in [0.29, 0.717) is 13.2 Å². The Morgan fingerprint density at radius 3 is 2.41 bits per heavy atom. The largest absolute Gasteiger partial charge is 0.375 e. The lowest BCUT2D eigenvalue weighted by Crippen LogP contribution is -2.07. The zero-order valence-corrected chi connectivity index (χ0v) is 16.0. The summed E-state index contributed by atoms with van der Waals surface area (Å²) in [5.41, 5.74) is 5.27. The second kappa shape index (κ2) is 7.86.